The first-order valence-corrected chi connectivity index (χ1v) is 33.2. The minimum Gasteiger partial charge on any atom is -0.464 e. The third-order valence-electron chi connectivity index (χ3n) is 15.8. The van der Waals surface area contributed by atoms with E-state index in [1.807, 2.05) is 30.2 Å². The topological polar surface area (TPSA) is 207 Å². The fourth-order valence-electron chi connectivity index (χ4n) is 10.7. The summed E-state index contributed by atoms with van der Waals surface area (Å²) in [5.41, 5.74) is 25.2. The van der Waals surface area contributed by atoms with Gasteiger partial charge in [0.05, 0.1) is 56.2 Å². The molecule has 1 aliphatic carbocycles. The van der Waals surface area contributed by atoms with E-state index in [1.54, 1.807) is 17.6 Å². The number of aromatic nitrogens is 12. The molecule has 0 atom stereocenters. The summed E-state index contributed by atoms with van der Waals surface area (Å²) >= 11 is 1.70. The number of nitrogens with zero attached hydrogens (tertiary/aromatic N) is 12. The van der Waals surface area contributed by atoms with Gasteiger partial charge in [-0.3, -0.25) is 19.9 Å². The van der Waals surface area contributed by atoms with Gasteiger partial charge in [0.1, 0.15) is 33.5 Å². The Hall–Kier alpha value is -7.66. The quantitative estimate of drug-likeness (QED) is 0.111. The maximum atomic E-state index is 5.56. The molecule has 0 aliphatic heterocycles. The normalized spacial score (nSPS) is 12.2. The van der Waals surface area contributed by atoms with Crippen molar-refractivity contribution in [3.63, 3.8) is 0 Å². The van der Waals surface area contributed by atoms with Gasteiger partial charge in [0.2, 0.25) is 0 Å². The van der Waals surface area contributed by atoms with Gasteiger partial charge in [-0.15, -0.1) is 11.3 Å². The van der Waals surface area contributed by atoms with Gasteiger partial charge in [0.25, 0.3) is 0 Å². The van der Waals surface area contributed by atoms with Gasteiger partial charge in [-0.1, -0.05) is 178 Å². The molecule has 0 saturated carbocycles. The van der Waals surface area contributed by atoms with Crippen LogP contribution in [0.5, 0.6) is 0 Å². The van der Waals surface area contributed by atoms with Gasteiger partial charge in [-0.25, -0.2) is 19.9 Å². The Morgan fingerprint density at radius 2 is 0.722 bits per heavy atom. The molecule has 0 aromatic carbocycles. The predicted molar refractivity (Wildman–Crippen MR) is 368 cm³/mol. The van der Waals surface area contributed by atoms with E-state index in [0.717, 1.165) is 95.9 Å². The first-order valence-electron chi connectivity index (χ1n) is 32.3. The average Bonchev–Trinajstić information content (AvgIpc) is 1.82. The lowest BCUT2D eigenvalue weighted by Gasteiger charge is -2.16. The van der Waals surface area contributed by atoms with E-state index in [1.165, 1.54) is 63.1 Å². The van der Waals surface area contributed by atoms with Crippen LogP contribution < -0.4 is 0 Å². The second kappa shape index (κ2) is 30.9. The summed E-state index contributed by atoms with van der Waals surface area (Å²) < 4.78 is 23.0. The number of thiazole rings is 1. The van der Waals surface area contributed by atoms with E-state index in [0.29, 0.717) is 71.0 Å². The molecule has 0 amide bonds. The third kappa shape index (κ3) is 15.9. The average molecular weight is 1240 g/mol. The van der Waals surface area contributed by atoms with Crippen LogP contribution >= 0.6 is 11.3 Å². The Balaban J connectivity index is 0.000000154. The predicted octanol–water partition coefficient (Wildman–Crippen LogP) is 21.1. The second-order valence-corrected chi connectivity index (χ2v) is 27.8. The number of oxazole rings is 3. The molecule has 90 heavy (non-hydrogen) atoms. The van der Waals surface area contributed by atoms with Crippen LogP contribution in [-0.4, -0.2) is 60.3 Å². The summed E-state index contributed by atoms with van der Waals surface area (Å²) in [5.74, 6) is 4.94. The molecule has 0 fully saturated rings. The van der Waals surface area contributed by atoms with E-state index < -0.39 is 0 Å². The van der Waals surface area contributed by atoms with E-state index in [-0.39, 0.29) is 0 Å². The SMILES string of the molecule is CC(C)c1cnc(C(C)C)c2c1CC=C2.CC(C)c1cnc(C(C)C)c2ocnc12.CC(C)c1cnc(C(C)C)c2scnc12.CC(C)c1ncc(C(C)C)c2occc12.CC(C)c1nnc(C(C)C)c2ocnc12.CC(C)c1nnc(C(C)C)c2ocnc12. The second-order valence-electron chi connectivity index (χ2n) is 27.0. The highest BCUT2D eigenvalue weighted by Crippen LogP contribution is 2.36. The van der Waals surface area contributed by atoms with Crippen molar-refractivity contribution >= 4 is 71.9 Å². The van der Waals surface area contributed by atoms with Crippen molar-refractivity contribution in [2.75, 3.05) is 0 Å². The van der Waals surface area contributed by atoms with Crippen molar-refractivity contribution < 1.29 is 17.7 Å². The van der Waals surface area contributed by atoms with Gasteiger partial charge in [-0.2, -0.15) is 20.4 Å². The highest BCUT2D eigenvalue weighted by atomic mass is 32.1. The van der Waals surface area contributed by atoms with Crippen LogP contribution in [-0.2, 0) is 6.42 Å². The van der Waals surface area contributed by atoms with Crippen molar-refractivity contribution in [3.05, 3.63) is 147 Å². The largest absolute Gasteiger partial charge is 0.464 e. The lowest BCUT2D eigenvalue weighted by atomic mass is 9.93. The smallest absolute Gasteiger partial charge is 0.182 e. The Kier molecular flexibility index (Phi) is 24.0. The molecule has 1 aliphatic rings. The van der Waals surface area contributed by atoms with Crippen molar-refractivity contribution in [1.82, 2.24) is 60.3 Å². The summed E-state index contributed by atoms with van der Waals surface area (Å²) in [4.78, 5) is 35.4. The van der Waals surface area contributed by atoms with Crippen LogP contribution in [0.2, 0.25) is 0 Å². The maximum absolute atomic E-state index is 5.56. The molecule has 0 unspecified atom stereocenters. The molecule has 11 heterocycles. The molecule has 0 bridgehead atoms. The molecule has 0 saturated heterocycles. The van der Waals surface area contributed by atoms with Crippen LogP contribution in [0, 0.1) is 0 Å². The number of pyridine rings is 4. The van der Waals surface area contributed by atoms with Crippen LogP contribution in [0.1, 0.15) is 316 Å². The summed E-state index contributed by atoms with van der Waals surface area (Å²) in [6.45, 7) is 51.4. The third-order valence-corrected chi connectivity index (χ3v) is 16.6. The molecule has 0 radical (unpaired) electrons. The fraction of sp³-hybridized carbons (Fsp3) is 0.507. The van der Waals surface area contributed by atoms with Crippen molar-refractivity contribution in [2.24, 2.45) is 0 Å². The van der Waals surface area contributed by atoms with Gasteiger partial charge in [0, 0.05) is 58.7 Å². The molecule has 480 valence electrons. The van der Waals surface area contributed by atoms with Crippen molar-refractivity contribution in [1.29, 1.82) is 0 Å². The minimum absolute atomic E-state index is 0.300. The van der Waals surface area contributed by atoms with E-state index in [4.69, 9.17) is 17.7 Å². The zero-order valence-corrected chi connectivity index (χ0v) is 58.8. The first kappa shape index (κ1) is 69.8. The number of rotatable bonds is 12. The van der Waals surface area contributed by atoms with Crippen LogP contribution in [0.4, 0.5) is 0 Å². The summed E-state index contributed by atoms with van der Waals surface area (Å²) in [6.07, 6.45) is 19.7. The van der Waals surface area contributed by atoms with Crippen LogP contribution in [0.15, 0.2) is 85.6 Å². The minimum atomic E-state index is 0.300. The molecular weight excluding hydrogens is 1140 g/mol. The van der Waals surface area contributed by atoms with Crippen molar-refractivity contribution in [2.45, 2.75) is 244 Å². The maximum Gasteiger partial charge on any atom is 0.182 e. The van der Waals surface area contributed by atoms with E-state index >= 15 is 0 Å². The Morgan fingerprint density at radius 1 is 0.333 bits per heavy atom. The number of fused-ring (bicyclic) bond motifs is 6. The highest BCUT2D eigenvalue weighted by Gasteiger charge is 2.23. The first-order chi connectivity index (χ1) is 42.7. The lowest BCUT2D eigenvalue weighted by molar-refractivity contribution is 0.587. The van der Waals surface area contributed by atoms with Gasteiger partial charge in [-0.05, 0) is 88.4 Å². The Labute approximate surface area is 537 Å². The number of furan rings is 1. The molecule has 0 spiro atoms. The lowest BCUT2D eigenvalue weighted by Crippen LogP contribution is -2.03. The molecule has 11 aromatic rings. The zero-order valence-electron chi connectivity index (χ0n) is 58.0. The fourth-order valence-corrected chi connectivity index (χ4v) is 11.7. The number of hydrogen-bond acceptors (Lipinski definition) is 17. The number of allylic oxidation sites excluding steroid dienone is 1. The zero-order chi connectivity index (χ0) is 66.0. The van der Waals surface area contributed by atoms with Gasteiger partial charge in [0.15, 0.2) is 35.9 Å². The standard InChI is InChI=1S/C14H19N.C13H17NO.C12H16N2O.C12H16N2S.2C11H15N3O/c1-9(2)13-8-15-14(10(3)4)12-7-5-6-11(12)13;1-8(2)11-7-14-12(9(3)4)10-5-6-15-13(10)11;2*1-7(2)9-5-13-10(8(3)4)12-11(9)14-6-15-12;2*1-6(2)8-10-11(15-5-12-10)9(7(3)4)14-13-8/h5,7-10H,6H2,1-4H3;5-9H,1-4H3;2*5-8H,1-4H3;2*5-7H,1-4H3. The highest BCUT2D eigenvalue weighted by molar-refractivity contribution is 7.17. The molecular formula is C73H98N12O4S. The van der Waals surface area contributed by atoms with Crippen LogP contribution in [0.25, 0.3) is 60.6 Å². The Bertz CT molecular complexity index is 3400. The summed E-state index contributed by atoms with van der Waals surface area (Å²) in [5, 5.41) is 18.0. The molecule has 11 aromatic heterocycles. The van der Waals surface area contributed by atoms with Gasteiger partial charge < -0.3 is 17.7 Å². The molecule has 16 nitrogen and oxygen atoms in total. The number of hydrogen-bond donors (Lipinski definition) is 0. The summed E-state index contributed by atoms with van der Waals surface area (Å²) in [7, 11) is 0. The molecule has 17 heteroatoms. The van der Waals surface area contributed by atoms with E-state index in [2.05, 4.69) is 245 Å². The van der Waals surface area contributed by atoms with Gasteiger partial charge >= 0.3 is 0 Å². The Morgan fingerprint density at radius 3 is 1.19 bits per heavy atom. The summed E-state index contributed by atoms with van der Waals surface area (Å²) in [6, 6.07) is 2.02. The molecule has 0 N–H and O–H groups in total. The molecule has 12 rings (SSSR count). The van der Waals surface area contributed by atoms with Crippen molar-refractivity contribution in [3.8, 4) is 0 Å². The monoisotopic (exact) mass is 1240 g/mol. The van der Waals surface area contributed by atoms with E-state index in [9.17, 15) is 0 Å². The van der Waals surface area contributed by atoms with Crippen LogP contribution in [0.3, 0.4) is 0 Å².